The molecule has 1 aromatic heterocycles. The molecule has 2 heterocycles. The molecule has 1 fully saturated rings. The standard InChI is InChI=1S/C25H37ClN4O3/c1-18(2)29-22(17-23(31)30(19(3)4)24(29)32)28-14-12-27(13-15-28)11-10-25(5,6)33-21-9-7-8-20(26)16-21/h7-9,16-19H,10-15H2,1-6H3. The van der Waals surface area contributed by atoms with Gasteiger partial charge >= 0.3 is 5.69 Å². The minimum Gasteiger partial charge on any atom is -0.488 e. The topological polar surface area (TPSA) is 59.7 Å². The van der Waals surface area contributed by atoms with Crippen LogP contribution in [0, 0.1) is 0 Å². The minimum absolute atomic E-state index is 0.0273. The number of rotatable bonds is 8. The summed E-state index contributed by atoms with van der Waals surface area (Å²) < 4.78 is 9.25. The summed E-state index contributed by atoms with van der Waals surface area (Å²) in [5.74, 6) is 1.50. The van der Waals surface area contributed by atoms with Crippen LogP contribution < -0.4 is 20.9 Å². The van der Waals surface area contributed by atoms with E-state index >= 15 is 0 Å². The van der Waals surface area contributed by atoms with Gasteiger partial charge in [-0.1, -0.05) is 17.7 Å². The Kier molecular flexibility index (Phi) is 7.96. The van der Waals surface area contributed by atoms with Crippen molar-refractivity contribution in [2.75, 3.05) is 37.6 Å². The fourth-order valence-electron chi connectivity index (χ4n) is 4.29. The van der Waals surface area contributed by atoms with Crippen LogP contribution in [0.4, 0.5) is 5.82 Å². The van der Waals surface area contributed by atoms with Gasteiger partial charge in [0.1, 0.15) is 17.2 Å². The molecule has 1 aromatic carbocycles. The average Bonchev–Trinajstić information content (AvgIpc) is 2.71. The van der Waals surface area contributed by atoms with Crippen molar-refractivity contribution in [3.63, 3.8) is 0 Å². The number of nitrogens with zero attached hydrogens (tertiary/aromatic N) is 4. The number of anilines is 1. The zero-order valence-electron chi connectivity index (χ0n) is 20.7. The van der Waals surface area contributed by atoms with E-state index in [9.17, 15) is 9.59 Å². The van der Waals surface area contributed by atoms with Crippen LogP contribution in [0.2, 0.25) is 5.02 Å². The van der Waals surface area contributed by atoms with E-state index in [4.69, 9.17) is 16.3 Å². The fraction of sp³-hybridized carbons (Fsp3) is 0.600. The summed E-state index contributed by atoms with van der Waals surface area (Å²) in [5, 5.41) is 0.667. The number of hydrogen-bond donors (Lipinski definition) is 0. The molecule has 182 valence electrons. The second-order valence-corrected chi connectivity index (χ2v) is 10.4. The van der Waals surface area contributed by atoms with Gasteiger partial charge in [0, 0.05) is 55.9 Å². The number of halogens is 1. The summed E-state index contributed by atoms with van der Waals surface area (Å²) in [5.41, 5.74) is -0.782. The Balaban J connectivity index is 1.64. The maximum absolute atomic E-state index is 13.1. The summed E-state index contributed by atoms with van der Waals surface area (Å²) in [6.07, 6.45) is 0.876. The monoisotopic (exact) mass is 476 g/mol. The van der Waals surface area contributed by atoms with Gasteiger partial charge < -0.3 is 9.64 Å². The molecule has 0 bridgehead atoms. The van der Waals surface area contributed by atoms with Gasteiger partial charge in [-0.05, 0) is 66.2 Å². The van der Waals surface area contributed by atoms with Crippen LogP contribution in [-0.4, -0.2) is 52.4 Å². The number of piperazine rings is 1. The van der Waals surface area contributed by atoms with Crippen molar-refractivity contribution in [1.82, 2.24) is 14.0 Å². The highest BCUT2D eigenvalue weighted by atomic mass is 35.5. The zero-order valence-corrected chi connectivity index (χ0v) is 21.4. The Morgan fingerprint density at radius 2 is 1.61 bits per heavy atom. The Hall–Kier alpha value is -2.25. The third-order valence-electron chi connectivity index (χ3n) is 6.10. The predicted octanol–water partition coefficient (Wildman–Crippen LogP) is 4.19. The number of benzene rings is 1. The first kappa shape index (κ1) is 25.4. The lowest BCUT2D eigenvalue weighted by atomic mass is 10.0. The second-order valence-electron chi connectivity index (χ2n) is 9.95. The van der Waals surface area contributed by atoms with Crippen molar-refractivity contribution in [2.24, 2.45) is 0 Å². The molecule has 33 heavy (non-hydrogen) atoms. The fourth-order valence-corrected chi connectivity index (χ4v) is 4.47. The first-order valence-corrected chi connectivity index (χ1v) is 12.2. The van der Waals surface area contributed by atoms with E-state index in [0.29, 0.717) is 5.02 Å². The van der Waals surface area contributed by atoms with Crippen LogP contribution in [0.25, 0.3) is 0 Å². The van der Waals surface area contributed by atoms with Crippen molar-refractivity contribution in [3.05, 3.63) is 56.2 Å². The highest BCUT2D eigenvalue weighted by Crippen LogP contribution is 2.25. The van der Waals surface area contributed by atoms with Crippen molar-refractivity contribution < 1.29 is 4.74 Å². The van der Waals surface area contributed by atoms with E-state index < -0.39 is 0 Å². The van der Waals surface area contributed by atoms with E-state index in [1.54, 1.807) is 10.6 Å². The average molecular weight is 477 g/mol. The van der Waals surface area contributed by atoms with Crippen LogP contribution in [0.1, 0.15) is 60.0 Å². The van der Waals surface area contributed by atoms with Crippen molar-refractivity contribution in [3.8, 4) is 5.75 Å². The summed E-state index contributed by atoms with van der Waals surface area (Å²) >= 11 is 6.08. The highest BCUT2D eigenvalue weighted by Gasteiger charge is 2.26. The molecule has 2 aromatic rings. The quantitative estimate of drug-likeness (QED) is 0.571. The van der Waals surface area contributed by atoms with Crippen molar-refractivity contribution >= 4 is 17.4 Å². The van der Waals surface area contributed by atoms with Crippen molar-refractivity contribution in [2.45, 2.75) is 65.6 Å². The third-order valence-corrected chi connectivity index (χ3v) is 6.33. The first-order chi connectivity index (χ1) is 15.5. The molecular formula is C25H37ClN4O3. The molecule has 1 saturated heterocycles. The normalized spacial score (nSPS) is 15.5. The van der Waals surface area contributed by atoms with Crippen LogP contribution >= 0.6 is 11.6 Å². The molecule has 1 aliphatic heterocycles. The van der Waals surface area contributed by atoms with Gasteiger partial charge in [-0.3, -0.25) is 18.8 Å². The maximum atomic E-state index is 13.1. The zero-order chi connectivity index (χ0) is 24.3. The molecule has 7 nitrogen and oxygen atoms in total. The molecular weight excluding hydrogens is 440 g/mol. The molecule has 3 rings (SSSR count). The van der Waals surface area contributed by atoms with E-state index in [0.717, 1.165) is 50.7 Å². The number of aromatic nitrogens is 2. The number of ether oxygens (including phenoxy) is 1. The summed E-state index contributed by atoms with van der Waals surface area (Å²) in [6, 6.07) is 8.92. The molecule has 0 saturated carbocycles. The Labute approximate surface area is 201 Å². The summed E-state index contributed by atoms with van der Waals surface area (Å²) in [7, 11) is 0. The molecule has 1 aliphatic rings. The molecule has 0 amide bonds. The predicted molar refractivity (Wildman–Crippen MR) is 135 cm³/mol. The first-order valence-electron chi connectivity index (χ1n) is 11.8. The van der Waals surface area contributed by atoms with Gasteiger partial charge in [0.05, 0.1) is 0 Å². The van der Waals surface area contributed by atoms with E-state index in [-0.39, 0.29) is 28.9 Å². The van der Waals surface area contributed by atoms with E-state index in [1.165, 1.54) is 4.57 Å². The van der Waals surface area contributed by atoms with Crippen LogP contribution in [0.3, 0.4) is 0 Å². The Morgan fingerprint density at radius 1 is 0.970 bits per heavy atom. The summed E-state index contributed by atoms with van der Waals surface area (Å²) in [4.78, 5) is 30.3. The Morgan fingerprint density at radius 3 is 2.18 bits per heavy atom. The molecule has 0 atom stereocenters. The molecule has 0 unspecified atom stereocenters. The molecule has 0 N–H and O–H groups in total. The summed E-state index contributed by atoms with van der Waals surface area (Å²) in [6.45, 7) is 16.1. The largest absolute Gasteiger partial charge is 0.488 e. The third kappa shape index (κ3) is 6.21. The van der Waals surface area contributed by atoms with E-state index in [2.05, 4.69) is 23.6 Å². The van der Waals surface area contributed by atoms with Crippen LogP contribution in [0.15, 0.2) is 39.9 Å². The van der Waals surface area contributed by atoms with Gasteiger partial charge in [-0.25, -0.2) is 4.79 Å². The van der Waals surface area contributed by atoms with Gasteiger partial charge in [0.25, 0.3) is 5.56 Å². The second kappa shape index (κ2) is 10.3. The lowest BCUT2D eigenvalue weighted by molar-refractivity contribution is 0.0821. The van der Waals surface area contributed by atoms with Crippen LogP contribution in [0.5, 0.6) is 5.75 Å². The van der Waals surface area contributed by atoms with Crippen LogP contribution in [-0.2, 0) is 0 Å². The minimum atomic E-state index is -0.318. The smallest absolute Gasteiger partial charge is 0.333 e. The molecule has 0 spiro atoms. The molecule has 0 aliphatic carbocycles. The molecule has 0 radical (unpaired) electrons. The van der Waals surface area contributed by atoms with Gasteiger partial charge in [-0.2, -0.15) is 0 Å². The highest BCUT2D eigenvalue weighted by molar-refractivity contribution is 6.30. The van der Waals surface area contributed by atoms with Gasteiger partial charge in [-0.15, -0.1) is 0 Å². The van der Waals surface area contributed by atoms with Crippen molar-refractivity contribution in [1.29, 1.82) is 0 Å². The van der Waals surface area contributed by atoms with Gasteiger partial charge in [0.2, 0.25) is 0 Å². The SMILES string of the molecule is CC(C)n1c(N2CCN(CCC(C)(C)Oc3cccc(Cl)c3)CC2)cc(=O)n(C(C)C)c1=O. The lowest BCUT2D eigenvalue weighted by Crippen LogP contribution is -2.51. The molecule has 8 heteroatoms. The van der Waals surface area contributed by atoms with E-state index in [1.807, 2.05) is 52.0 Å². The maximum Gasteiger partial charge on any atom is 0.333 e. The lowest BCUT2D eigenvalue weighted by Gasteiger charge is -2.38. The Bertz CT molecular complexity index is 1070. The number of hydrogen-bond acceptors (Lipinski definition) is 5. The van der Waals surface area contributed by atoms with Gasteiger partial charge in [0.15, 0.2) is 0 Å².